The molecule has 1 saturated heterocycles. The van der Waals surface area contributed by atoms with Gasteiger partial charge in [0, 0.05) is 19.2 Å². The fraction of sp³-hybridized carbons (Fsp3) is 0.500. The average molecular weight is 299 g/mol. The van der Waals surface area contributed by atoms with Crippen LogP contribution in [0.15, 0.2) is 23.1 Å². The highest BCUT2D eigenvalue weighted by Crippen LogP contribution is 2.30. The highest BCUT2D eigenvalue weighted by molar-refractivity contribution is 7.89. The Morgan fingerprint density at radius 1 is 1.50 bits per heavy atom. The topological polar surface area (TPSA) is 107 Å². The van der Waals surface area contributed by atoms with Crippen molar-refractivity contribution in [3.63, 3.8) is 0 Å². The number of hydrogen-bond donors (Lipinski definition) is 1. The number of anilines is 1. The van der Waals surface area contributed by atoms with Crippen LogP contribution in [0.5, 0.6) is 0 Å². The van der Waals surface area contributed by atoms with Gasteiger partial charge in [0.15, 0.2) is 0 Å². The Balaban J connectivity index is 2.35. The van der Waals surface area contributed by atoms with Crippen LogP contribution in [0.3, 0.4) is 0 Å². The molecule has 8 heteroatoms. The summed E-state index contributed by atoms with van der Waals surface area (Å²) in [5, 5.41) is 10.8. The molecule has 7 nitrogen and oxygen atoms in total. The summed E-state index contributed by atoms with van der Waals surface area (Å²) >= 11 is 0. The molecule has 1 aromatic rings. The lowest BCUT2D eigenvalue weighted by Gasteiger charge is -2.16. The molecular formula is C12H17N3O4S. The maximum atomic E-state index is 12.4. The number of rotatable bonds is 4. The van der Waals surface area contributed by atoms with Gasteiger partial charge in [-0.15, -0.1) is 0 Å². The van der Waals surface area contributed by atoms with Gasteiger partial charge in [0.1, 0.15) is 5.69 Å². The lowest BCUT2D eigenvalue weighted by Crippen LogP contribution is -2.28. The SMILES string of the molecule is CCC1CCN(S(=O)(=O)c2ccc(N)c([N+](=O)[O-])c2)C1. The number of nitrogen functional groups attached to an aromatic ring is 1. The zero-order valence-corrected chi connectivity index (χ0v) is 12.0. The van der Waals surface area contributed by atoms with Crippen molar-refractivity contribution >= 4 is 21.4 Å². The third kappa shape index (κ3) is 2.61. The molecule has 0 saturated carbocycles. The molecule has 0 bridgehead atoms. The van der Waals surface area contributed by atoms with Gasteiger partial charge >= 0.3 is 0 Å². The van der Waals surface area contributed by atoms with Crippen LogP contribution in [0.2, 0.25) is 0 Å². The van der Waals surface area contributed by atoms with Gasteiger partial charge in [-0.2, -0.15) is 4.31 Å². The summed E-state index contributed by atoms with van der Waals surface area (Å²) in [6, 6.07) is 3.61. The number of nitrogens with two attached hydrogens (primary N) is 1. The van der Waals surface area contributed by atoms with Crippen LogP contribution >= 0.6 is 0 Å². The van der Waals surface area contributed by atoms with Gasteiger partial charge in [-0.3, -0.25) is 10.1 Å². The normalized spacial score (nSPS) is 20.1. The van der Waals surface area contributed by atoms with E-state index in [0.29, 0.717) is 19.0 Å². The van der Waals surface area contributed by atoms with Gasteiger partial charge < -0.3 is 5.73 Å². The Hall–Kier alpha value is -1.67. The molecule has 0 radical (unpaired) electrons. The number of sulfonamides is 1. The summed E-state index contributed by atoms with van der Waals surface area (Å²) in [6.07, 6.45) is 1.75. The average Bonchev–Trinajstić information content (AvgIpc) is 2.88. The second-order valence-electron chi connectivity index (χ2n) is 4.90. The zero-order valence-electron chi connectivity index (χ0n) is 11.2. The molecule has 2 N–H and O–H groups in total. The first kappa shape index (κ1) is 14.7. The number of hydrogen-bond acceptors (Lipinski definition) is 5. The minimum Gasteiger partial charge on any atom is -0.393 e. The lowest BCUT2D eigenvalue weighted by atomic mass is 10.1. The summed E-state index contributed by atoms with van der Waals surface area (Å²) in [6.45, 7) is 2.95. The molecular weight excluding hydrogens is 282 g/mol. The van der Waals surface area contributed by atoms with Crippen molar-refractivity contribution in [2.24, 2.45) is 5.92 Å². The number of nitro benzene ring substituents is 1. The van der Waals surface area contributed by atoms with Crippen LogP contribution in [0.25, 0.3) is 0 Å². The Morgan fingerprint density at radius 2 is 2.20 bits per heavy atom. The minimum absolute atomic E-state index is 0.0400. The third-order valence-corrected chi connectivity index (χ3v) is 5.52. The fourth-order valence-electron chi connectivity index (χ4n) is 2.34. The van der Waals surface area contributed by atoms with Crippen LogP contribution < -0.4 is 5.73 Å². The quantitative estimate of drug-likeness (QED) is 0.516. The Kier molecular flexibility index (Phi) is 3.96. The highest BCUT2D eigenvalue weighted by atomic mass is 32.2. The smallest absolute Gasteiger partial charge is 0.293 e. The van der Waals surface area contributed by atoms with Crippen LogP contribution in [-0.2, 0) is 10.0 Å². The minimum atomic E-state index is -3.68. The molecule has 1 aromatic carbocycles. The summed E-state index contributed by atoms with van der Waals surface area (Å²) in [7, 11) is -3.68. The largest absolute Gasteiger partial charge is 0.393 e. The van der Waals surface area contributed by atoms with E-state index in [-0.39, 0.29) is 16.3 Å². The van der Waals surface area contributed by atoms with Gasteiger partial charge in [-0.1, -0.05) is 13.3 Å². The monoisotopic (exact) mass is 299 g/mol. The van der Waals surface area contributed by atoms with Gasteiger partial charge in [0.2, 0.25) is 10.0 Å². The first-order valence-corrected chi connectivity index (χ1v) is 7.84. The van der Waals surface area contributed by atoms with Gasteiger partial charge in [-0.05, 0) is 24.5 Å². The molecule has 110 valence electrons. The van der Waals surface area contributed by atoms with Gasteiger partial charge in [-0.25, -0.2) is 8.42 Å². The summed E-state index contributed by atoms with van der Waals surface area (Å²) in [5.41, 5.74) is 5.06. The summed E-state index contributed by atoms with van der Waals surface area (Å²) in [5.74, 6) is 0.355. The summed E-state index contributed by atoms with van der Waals surface area (Å²) < 4.78 is 26.3. The van der Waals surface area contributed by atoms with Crippen molar-refractivity contribution in [3.05, 3.63) is 28.3 Å². The van der Waals surface area contributed by atoms with Crippen LogP contribution in [-0.4, -0.2) is 30.7 Å². The van der Waals surface area contributed by atoms with E-state index in [1.807, 2.05) is 6.92 Å². The molecule has 0 aliphatic carbocycles. The Bertz CT molecular complexity index is 630. The van der Waals surface area contributed by atoms with E-state index in [4.69, 9.17) is 5.73 Å². The van der Waals surface area contributed by atoms with Gasteiger partial charge in [0.05, 0.1) is 9.82 Å². The second kappa shape index (κ2) is 5.37. The van der Waals surface area contributed by atoms with Crippen molar-refractivity contribution in [2.45, 2.75) is 24.7 Å². The molecule has 0 spiro atoms. The highest BCUT2D eigenvalue weighted by Gasteiger charge is 2.32. The van der Waals surface area contributed by atoms with Crippen molar-refractivity contribution in [1.29, 1.82) is 0 Å². The molecule has 1 atom stereocenters. The number of nitro groups is 1. The van der Waals surface area contributed by atoms with E-state index in [1.165, 1.54) is 16.4 Å². The van der Waals surface area contributed by atoms with Gasteiger partial charge in [0.25, 0.3) is 5.69 Å². The van der Waals surface area contributed by atoms with E-state index in [9.17, 15) is 18.5 Å². The molecule has 20 heavy (non-hydrogen) atoms. The summed E-state index contributed by atoms with van der Waals surface area (Å²) in [4.78, 5) is 10.1. The van der Waals surface area contributed by atoms with Crippen molar-refractivity contribution in [2.75, 3.05) is 18.8 Å². The fourth-order valence-corrected chi connectivity index (χ4v) is 3.89. The first-order valence-electron chi connectivity index (χ1n) is 6.40. The predicted octanol–water partition coefficient (Wildman–Crippen LogP) is 1.60. The van der Waals surface area contributed by atoms with Crippen molar-refractivity contribution < 1.29 is 13.3 Å². The standard InChI is InChI=1S/C12H17N3O4S/c1-2-9-5-6-14(8-9)20(18,19)10-3-4-11(13)12(7-10)15(16)17/h3-4,7,9H,2,5-6,8,13H2,1H3. The second-order valence-corrected chi connectivity index (χ2v) is 6.84. The van der Waals surface area contributed by atoms with Crippen LogP contribution in [0.4, 0.5) is 11.4 Å². The molecule has 0 amide bonds. The van der Waals surface area contributed by atoms with Crippen molar-refractivity contribution in [3.8, 4) is 0 Å². The molecule has 1 fully saturated rings. The molecule has 1 aliphatic heterocycles. The zero-order chi connectivity index (χ0) is 14.9. The van der Waals surface area contributed by atoms with Crippen LogP contribution in [0.1, 0.15) is 19.8 Å². The molecule has 1 unspecified atom stereocenters. The Morgan fingerprint density at radius 3 is 2.75 bits per heavy atom. The predicted molar refractivity (Wildman–Crippen MR) is 74.7 cm³/mol. The van der Waals surface area contributed by atoms with Crippen LogP contribution in [0, 0.1) is 16.0 Å². The number of nitrogens with zero attached hydrogens (tertiary/aromatic N) is 2. The molecule has 2 rings (SSSR count). The first-order chi connectivity index (χ1) is 9.36. The van der Waals surface area contributed by atoms with E-state index in [0.717, 1.165) is 18.9 Å². The maximum absolute atomic E-state index is 12.4. The molecule has 1 aliphatic rings. The van der Waals surface area contributed by atoms with E-state index in [1.54, 1.807) is 0 Å². The van der Waals surface area contributed by atoms with Crippen molar-refractivity contribution in [1.82, 2.24) is 4.31 Å². The third-order valence-electron chi connectivity index (χ3n) is 3.66. The van der Waals surface area contributed by atoms with E-state index < -0.39 is 14.9 Å². The molecule has 1 heterocycles. The number of benzene rings is 1. The van der Waals surface area contributed by atoms with E-state index in [2.05, 4.69) is 0 Å². The maximum Gasteiger partial charge on any atom is 0.293 e. The molecule has 0 aromatic heterocycles. The lowest BCUT2D eigenvalue weighted by molar-refractivity contribution is -0.384. The Labute approximate surface area is 117 Å². The van der Waals surface area contributed by atoms with E-state index >= 15 is 0 Å².